The lowest BCUT2D eigenvalue weighted by Gasteiger charge is -2.50. The van der Waals surface area contributed by atoms with Crippen LogP contribution in [0.3, 0.4) is 0 Å². The molecule has 0 saturated heterocycles. The van der Waals surface area contributed by atoms with Crippen molar-refractivity contribution >= 4 is 0 Å². The number of benzene rings is 1. The van der Waals surface area contributed by atoms with E-state index in [2.05, 4.69) is 25.1 Å². The van der Waals surface area contributed by atoms with Crippen molar-refractivity contribution in [1.29, 1.82) is 0 Å². The molecule has 3 aliphatic carbocycles. The maximum atomic E-state index is 10.4. The number of hydrogen-bond acceptors (Lipinski definition) is 2. The zero-order valence-corrected chi connectivity index (χ0v) is 13.1. The lowest BCUT2D eigenvalue weighted by molar-refractivity contribution is -0.0226. The van der Waals surface area contributed by atoms with Crippen molar-refractivity contribution in [3.05, 3.63) is 29.3 Å². The van der Waals surface area contributed by atoms with E-state index in [0.29, 0.717) is 5.92 Å². The van der Waals surface area contributed by atoms with E-state index in [-0.39, 0.29) is 11.5 Å². The van der Waals surface area contributed by atoms with Crippen LogP contribution in [-0.4, -0.2) is 18.3 Å². The number of aryl methyl sites for hydroxylation is 1. The van der Waals surface area contributed by atoms with Crippen LogP contribution in [0.25, 0.3) is 0 Å². The molecular weight excluding hydrogens is 260 g/mol. The number of fused-ring (bicyclic) bond motifs is 5. The van der Waals surface area contributed by atoms with Gasteiger partial charge in [-0.1, -0.05) is 13.0 Å². The highest BCUT2D eigenvalue weighted by molar-refractivity contribution is 5.40. The number of aliphatic hydroxyl groups excluding tert-OH is 1. The molecule has 0 radical (unpaired) electrons. The Hall–Kier alpha value is -1.02. The Balaban J connectivity index is 1.68. The second kappa shape index (κ2) is 4.74. The molecule has 2 heteroatoms. The van der Waals surface area contributed by atoms with Crippen LogP contribution in [0.4, 0.5) is 0 Å². The van der Waals surface area contributed by atoms with Crippen LogP contribution >= 0.6 is 0 Å². The van der Waals surface area contributed by atoms with E-state index in [4.69, 9.17) is 4.74 Å². The molecule has 1 aromatic rings. The molecule has 0 bridgehead atoms. The van der Waals surface area contributed by atoms with E-state index in [1.54, 1.807) is 12.7 Å². The van der Waals surface area contributed by atoms with Crippen LogP contribution in [0.15, 0.2) is 18.2 Å². The van der Waals surface area contributed by atoms with Crippen molar-refractivity contribution in [2.75, 3.05) is 7.11 Å². The van der Waals surface area contributed by atoms with Gasteiger partial charge in [-0.2, -0.15) is 0 Å². The highest BCUT2D eigenvalue weighted by Gasteiger charge is 2.54. The summed E-state index contributed by atoms with van der Waals surface area (Å²) in [4.78, 5) is 0. The average molecular weight is 286 g/mol. The summed E-state index contributed by atoms with van der Waals surface area (Å²) in [5, 5.41) is 10.4. The molecule has 0 amide bonds. The Morgan fingerprint density at radius 3 is 2.86 bits per heavy atom. The van der Waals surface area contributed by atoms with Crippen molar-refractivity contribution in [3.63, 3.8) is 0 Å². The lowest BCUT2D eigenvalue weighted by Crippen LogP contribution is -2.43. The summed E-state index contributed by atoms with van der Waals surface area (Å²) in [5.74, 6) is 3.20. The summed E-state index contributed by atoms with van der Waals surface area (Å²) in [6, 6.07) is 6.67. The largest absolute Gasteiger partial charge is 0.497 e. The van der Waals surface area contributed by atoms with Gasteiger partial charge in [0.25, 0.3) is 0 Å². The van der Waals surface area contributed by atoms with Crippen LogP contribution in [0.5, 0.6) is 5.75 Å². The van der Waals surface area contributed by atoms with Crippen LogP contribution in [-0.2, 0) is 6.42 Å². The van der Waals surface area contributed by atoms with Gasteiger partial charge in [-0.15, -0.1) is 0 Å². The third-order valence-corrected chi connectivity index (χ3v) is 6.88. The first-order valence-corrected chi connectivity index (χ1v) is 8.48. The molecule has 0 aromatic heterocycles. The average Bonchev–Trinajstić information content (AvgIpc) is 2.82. The number of hydrogen-bond donors (Lipinski definition) is 1. The summed E-state index contributed by atoms with van der Waals surface area (Å²) < 4.78 is 5.38. The summed E-state index contributed by atoms with van der Waals surface area (Å²) in [6.07, 6.45) is 7.07. The van der Waals surface area contributed by atoms with Crippen molar-refractivity contribution in [2.24, 2.45) is 17.3 Å². The maximum Gasteiger partial charge on any atom is 0.119 e. The Morgan fingerprint density at radius 2 is 2.05 bits per heavy atom. The predicted octanol–water partition coefficient (Wildman–Crippen LogP) is 3.91. The van der Waals surface area contributed by atoms with Gasteiger partial charge < -0.3 is 9.84 Å². The van der Waals surface area contributed by atoms with Crippen LogP contribution in [0, 0.1) is 17.3 Å². The van der Waals surface area contributed by atoms with Gasteiger partial charge in [0.1, 0.15) is 5.75 Å². The Kier molecular flexibility index (Phi) is 3.08. The van der Waals surface area contributed by atoms with Crippen molar-refractivity contribution in [3.8, 4) is 5.75 Å². The van der Waals surface area contributed by atoms with E-state index in [1.165, 1.54) is 37.7 Å². The van der Waals surface area contributed by atoms with Crippen LogP contribution in [0.2, 0.25) is 0 Å². The molecule has 1 N–H and O–H groups in total. The third kappa shape index (κ3) is 1.88. The fourth-order valence-corrected chi connectivity index (χ4v) is 5.66. The number of methoxy groups -OCH3 is 1. The van der Waals surface area contributed by atoms with Gasteiger partial charge in [-0.05, 0) is 85.0 Å². The van der Waals surface area contributed by atoms with Gasteiger partial charge in [0.15, 0.2) is 0 Å². The number of aliphatic hydroxyl groups is 1. The Morgan fingerprint density at radius 1 is 1.19 bits per heavy atom. The SMILES string of the molecule is COc1ccc2c(c1)CC[C@H]1[C@@H]2CC[C@@]2(C)[C@@H](O)CC[C@@H]12. The third-order valence-electron chi connectivity index (χ3n) is 6.88. The van der Waals surface area contributed by atoms with Gasteiger partial charge in [0.05, 0.1) is 13.2 Å². The molecule has 2 fully saturated rings. The first-order chi connectivity index (χ1) is 10.1. The van der Waals surface area contributed by atoms with Gasteiger partial charge >= 0.3 is 0 Å². The Bertz CT molecular complexity index is 552. The first kappa shape index (κ1) is 13.6. The van der Waals surface area contributed by atoms with Crippen LogP contribution < -0.4 is 4.74 Å². The molecule has 114 valence electrons. The zero-order chi connectivity index (χ0) is 14.6. The van der Waals surface area contributed by atoms with Crippen LogP contribution in [0.1, 0.15) is 56.1 Å². The zero-order valence-electron chi connectivity index (χ0n) is 13.1. The smallest absolute Gasteiger partial charge is 0.119 e. The predicted molar refractivity (Wildman–Crippen MR) is 83.6 cm³/mol. The molecule has 21 heavy (non-hydrogen) atoms. The normalized spacial score (nSPS) is 41.1. The molecule has 0 spiro atoms. The van der Waals surface area contributed by atoms with E-state index in [0.717, 1.165) is 24.0 Å². The van der Waals surface area contributed by atoms with Gasteiger partial charge in [0.2, 0.25) is 0 Å². The summed E-state index contributed by atoms with van der Waals surface area (Å²) in [6.45, 7) is 2.34. The van der Waals surface area contributed by atoms with Gasteiger partial charge in [-0.3, -0.25) is 0 Å². The molecule has 4 rings (SSSR count). The molecule has 5 atom stereocenters. The maximum absolute atomic E-state index is 10.4. The van der Waals surface area contributed by atoms with E-state index in [1.807, 2.05) is 0 Å². The molecule has 2 saturated carbocycles. The minimum absolute atomic E-state index is 0.0688. The monoisotopic (exact) mass is 286 g/mol. The summed E-state index contributed by atoms with van der Waals surface area (Å²) >= 11 is 0. The topological polar surface area (TPSA) is 29.5 Å². The fourth-order valence-electron chi connectivity index (χ4n) is 5.66. The highest BCUT2D eigenvalue weighted by Crippen LogP contribution is 2.60. The molecule has 0 heterocycles. The summed E-state index contributed by atoms with van der Waals surface area (Å²) in [5.41, 5.74) is 3.25. The number of rotatable bonds is 1. The molecule has 0 unspecified atom stereocenters. The molecule has 3 aliphatic rings. The van der Waals surface area contributed by atoms with Crippen molar-refractivity contribution in [2.45, 2.75) is 57.5 Å². The number of ether oxygens (including phenoxy) is 1. The second-order valence-corrected chi connectivity index (χ2v) is 7.62. The van der Waals surface area contributed by atoms with Gasteiger partial charge in [0, 0.05) is 0 Å². The molecule has 2 nitrogen and oxygen atoms in total. The summed E-state index contributed by atoms with van der Waals surface area (Å²) in [7, 11) is 1.75. The second-order valence-electron chi connectivity index (χ2n) is 7.62. The van der Waals surface area contributed by atoms with E-state index < -0.39 is 0 Å². The quantitative estimate of drug-likeness (QED) is 0.848. The molecule has 1 aromatic carbocycles. The fraction of sp³-hybridized carbons (Fsp3) is 0.684. The lowest BCUT2D eigenvalue weighted by atomic mass is 9.55. The van der Waals surface area contributed by atoms with E-state index >= 15 is 0 Å². The first-order valence-electron chi connectivity index (χ1n) is 8.48. The minimum Gasteiger partial charge on any atom is -0.497 e. The molecular formula is C19H26O2. The standard InChI is InChI=1S/C19H26O2/c1-19-10-9-15-14-6-4-13(21-2)11-12(14)3-5-16(15)17(19)7-8-18(19)20/h4,6,11,15-18,20H,3,5,7-10H2,1-2H3/t15-,16+,17+,18+,19-/m1/s1. The van der Waals surface area contributed by atoms with Crippen molar-refractivity contribution in [1.82, 2.24) is 0 Å². The van der Waals surface area contributed by atoms with Crippen molar-refractivity contribution < 1.29 is 9.84 Å². The minimum atomic E-state index is -0.0688. The molecule has 0 aliphatic heterocycles. The Labute approximate surface area is 127 Å². The van der Waals surface area contributed by atoms with E-state index in [9.17, 15) is 5.11 Å². The highest BCUT2D eigenvalue weighted by atomic mass is 16.5. The van der Waals surface area contributed by atoms with Gasteiger partial charge in [-0.25, -0.2) is 0 Å².